The van der Waals surface area contributed by atoms with Gasteiger partial charge in [-0.2, -0.15) is 13.2 Å². The predicted molar refractivity (Wildman–Crippen MR) is 188 cm³/mol. The molecule has 2 aliphatic rings. The maximum Gasteiger partial charge on any atom is 0.416 e. The van der Waals surface area contributed by atoms with Gasteiger partial charge in [-0.15, -0.1) is 0 Å². The van der Waals surface area contributed by atoms with Crippen LogP contribution in [0.1, 0.15) is 64.4 Å². The van der Waals surface area contributed by atoms with E-state index < -0.39 is 59.7 Å². The number of esters is 1. The van der Waals surface area contributed by atoms with Crippen LogP contribution in [-0.2, 0) is 33.5 Å². The Labute approximate surface area is 307 Å². The molecule has 6 rings (SSSR count). The molecule has 0 radical (unpaired) electrons. The smallest absolute Gasteiger partial charge is 0.416 e. The maximum atomic E-state index is 16.2. The summed E-state index contributed by atoms with van der Waals surface area (Å²) >= 11 is 6.70. The number of likely N-dealkylation sites (tertiary alicyclic amines) is 1. The highest BCUT2D eigenvalue weighted by atomic mass is 35.5. The number of halogens is 6. The Morgan fingerprint density at radius 3 is 2.49 bits per heavy atom. The second-order valence-electron chi connectivity index (χ2n) is 13.3. The number of amides is 1. The predicted octanol–water partition coefficient (Wildman–Crippen LogP) is 7.43. The first-order chi connectivity index (χ1) is 25.1. The van der Waals surface area contributed by atoms with E-state index in [1.807, 2.05) is 13.0 Å². The quantitative estimate of drug-likeness (QED) is 0.156. The summed E-state index contributed by atoms with van der Waals surface area (Å²) in [6.45, 7) is 5.17. The van der Waals surface area contributed by atoms with Gasteiger partial charge in [0.15, 0.2) is 0 Å². The van der Waals surface area contributed by atoms with Crippen molar-refractivity contribution in [2.24, 2.45) is 0 Å². The molecule has 1 amide bonds. The lowest BCUT2D eigenvalue weighted by Gasteiger charge is -2.34. The van der Waals surface area contributed by atoms with E-state index in [0.717, 1.165) is 16.3 Å². The highest BCUT2D eigenvalue weighted by Gasteiger charge is 2.37. The molecule has 280 valence electrons. The summed E-state index contributed by atoms with van der Waals surface area (Å²) in [5.41, 5.74) is 0.0718. The highest BCUT2D eigenvalue weighted by Crippen LogP contribution is 2.39. The Morgan fingerprint density at radius 1 is 1.04 bits per heavy atom. The molecule has 1 N–H and O–H groups in total. The monoisotopic (exact) mass is 757 g/mol. The number of rotatable bonds is 7. The van der Waals surface area contributed by atoms with Gasteiger partial charge >= 0.3 is 12.1 Å². The zero-order valence-electron chi connectivity index (χ0n) is 29.2. The first kappa shape index (κ1) is 38.0. The number of pyridine rings is 1. The Hall–Kier alpha value is -4.75. The van der Waals surface area contributed by atoms with Gasteiger partial charge in [0.1, 0.15) is 30.4 Å². The number of hydrogen-bond acceptors (Lipinski definition) is 6. The first-order valence-electron chi connectivity index (χ1n) is 17.1. The number of nitrogens with one attached hydrogen (secondary N) is 1. The lowest BCUT2D eigenvalue weighted by molar-refractivity contribution is -0.144. The zero-order chi connectivity index (χ0) is 38.2. The molecule has 53 heavy (non-hydrogen) atoms. The SMILES string of the molecule is CCOC(=O)C[C@@H]1NC(=O)[C@@H](n2cc(CCN3CC(F)C3)c(C(F)(F)F)cc2=O)c2cc(ccc2Cl)COc2cccc(C)c2-c2cc(C)c(F)c1c2. The van der Waals surface area contributed by atoms with Crippen LogP contribution in [0.5, 0.6) is 5.75 Å². The van der Waals surface area contributed by atoms with Crippen LogP contribution in [0.3, 0.4) is 0 Å². The molecule has 0 aliphatic carbocycles. The van der Waals surface area contributed by atoms with E-state index in [4.69, 9.17) is 21.1 Å². The molecule has 3 heterocycles. The average Bonchev–Trinajstić information content (AvgIpc) is 3.07. The van der Waals surface area contributed by atoms with Gasteiger partial charge < -0.3 is 14.8 Å². The van der Waals surface area contributed by atoms with Crippen molar-refractivity contribution in [1.29, 1.82) is 0 Å². The molecule has 4 bridgehead atoms. The van der Waals surface area contributed by atoms with Crippen molar-refractivity contribution in [1.82, 2.24) is 14.8 Å². The maximum absolute atomic E-state index is 16.2. The Morgan fingerprint density at radius 2 is 1.79 bits per heavy atom. The van der Waals surface area contributed by atoms with Crippen LogP contribution >= 0.6 is 11.6 Å². The molecule has 1 saturated heterocycles. The van der Waals surface area contributed by atoms with Gasteiger partial charge in [0, 0.05) is 53.6 Å². The number of carbonyl (C=O) groups is 2. The van der Waals surface area contributed by atoms with Gasteiger partial charge in [-0.25, -0.2) is 8.78 Å². The molecular weight excluding hydrogens is 721 g/mol. The average molecular weight is 758 g/mol. The highest BCUT2D eigenvalue weighted by molar-refractivity contribution is 6.31. The van der Waals surface area contributed by atoms with Crippen LogP contribution in [0.15, 0.2) is 65.6 Å². The molecule has 0 saturated carbocycles. The molecule has 14 heteroatoms. The van der Waals surface area contributed by atoms with E-state index in [9.17, 15) is 31.9 Å². The van der Waals surface area contributed by atoms with Crippen molar-refractivity contribution in [3.05, 3.63) is 121 Å². The lowest BCUT2D eigenvalue weighted by Crippen LogP contribution is -2.49. The van der Waals surface area contributed by atoms with Gasteiger partial charge in [-0.3, -0.25) is 23.9 Å². The zero-order valence-corrected chi connectivity index (χ0v) is 29.9. The van der Waals surface area contributed by atoms with Crippen LogP contribution in [0.25, 0.3) is 11.1 Å². The second-order valence-corrected chi connectivity index (χ2v) is 13.7. The number of alkyl halides is 4. The van der Waals surface area contributed by atoms with Crippen LogP contribution < -0.4 is 15.6 Å². The number of aryl methyl sites for hydroxylation is 2. The molecular formula is C39H37ClF5N3O5. The minimum absolute atomic E-state index is 0.00310. The van der Waals surface area contributed by atoms with Crippen molar-refractivity contribution in [3.63, 3.8) is 0 Å². The molecule has 8 nitrogen and oxygen atoms in total. The van der Waals surface area contributed by atoms with Gasteiger partial charge in [-0.1, -0.05) is 29.8 Å². The standard InChI is InChI=1S/C39H37ClF5N3O5/c1-4-52-34(50)16-31-28-14-25(12-22(3)36(28)42)35-21(2)6-5-7-32(35)53-20-23-8-9-30(40)27(13-23)37(38(51)46-31)48-17-24(10-11-47-18-26(41)19-47)29(15-33(48)49)39(43,44)45/h5-9,12-15,17,26,31,37H,4,10-11,16,18-20H2,1-3H3,(H,46,51)/t31-,37-/m0/s1. The van der Waals surface area contributed by atoms with Crippen molar-refractivity contribution in [2.45, 2.75) is 64.7 Å². The number of carbonyl (C=O) groups excluding carboxylic acids is 2. The minimum Gasteiger partial charge on any atom is -0.488 e. The Bertz CT molecular complexity index is 2110. The van der Waals surface area contributed by atoms with E-state index in [1.165, 1.54) is 25.1 Å². The number of ether oxygens (including phenoxy) is 2. The largest absolute Gasteiger partial charge is 0.488 e. The van der Waals surface area contributed by atoms with Crippen molar-refractivity contribution < 1.29 is 41.0 Å². The second kappa shape index (κ2) is 15.3. The van der Waals surface area contributed by atoms with Crippen LogP contribution in [-0.4, -0.2) is 53.8 Å². The van der Waals surface area contributed by atoms with Crippen molar-refractivity contribution >= 4 is 23.5 Å². The summed E-state index contributed by atoms with van der Waals surface area (Å²) in [5.74, 6) is -1.96. The summed E-state index contributed by atoms with van der Waals surface area (Å²) in [7, 11) is 0. The van der Waals surface area contributed by atoms with E-state index in [-0.39, 0.29) is 66.5 Å². The summed E-state index contributed by atoms with van der Waals surface area (Å²) < 4.78 is 84.9. The fourth-order valence-corrected chi connectivity index (χ4v) is 7.12. The summed E-state index contributed by atoms with van der Waals surface area (Å²) in [5, 5.41) is 2.73. The third kappa shape index (κ3) is 8.11. The van der Waals surface area contributed by atoms with Crippen LogP contribution in [0.4, 0.5) is 22.0 Å². The minimum atomic E-state index is -4.91. The summed E-state index contributed by atoms with van der Waals surface area (Å²) in [4.78, 5) is 42.9. The topological polar surface area (TPSA) is 89.9 Å². The van der Waals surface area contributed by atoms with E-state index in [2.05, 4.69) is 5.32 Å². The van der Waals surface area contributed by atoms with Gasteiger partial charge in [0.05, 0.1) is 24.6 Å². The Balaban J connectivity index is 1.56. The summed E-state index contributed by atoms with van der Waals surface area (Å²) in [6, 6.07) is 10.6. The van der Waals surface area contributed by atoms with E-state index >= 15 is 4.39 Å². The number of fused-ring (bicyclic) bond motifs is 6. The van der Waals surface area contributed by atoms with Crippen molar-refractivity contribution in [2.75, 3.05) is 26.2 Å². The molecule has 0 spiro atoms. The number of aromatic nitrogens is 1. The molecule has 4 aromatic rings. The molecule has 1 aromatic heterocycles. The van der Waals surface area contributed by atoms with Crippen molar-refractivity contribution in [3.8, 4) is 16.9 Å². The number of hydrogen-bond donors (Lipinski definition) is 1. The summed E-state index contributed by atoms with van der Waals surface area (Å²) in [6.07, 6.45) is -5.75. The third-order valence-electron chi connectivity index (χ3n) is 9.53. The van der Waals surface area contributed by atoms with Gasteiger partial charge in [-0.05, 0) is 85.3 Å². The molecule has 3 aromatic carbocycles. The normalized spacial score (nSPS) is 17.9. The van der Waals surface area contributed by atoms with E-state index in [1.54, 1.807) is 36.1 Å². The lowest BCUT2D eigenvalue weighted by atomic mass is 9.91. The van der Waals surface area contributed by atoms with Gasteiger partial charge in [0.2, 0.25) is 5.91 Å². The molecule has 2 atom stereocenters. The molecule has 0 unspecified atom stereocenters. The van der Waals surface area contributed by atoms with E-state index in [0.29, 0.717) is 28.5 Å². The van der Waals surface area contributed by atoms with Gasteiger partial charge in [0.25, 0.3) is 5.56 Å². The third-order valence-corrected chi connectivity index (χ3v) is 9.87. The Kier molecular flexibility index (Phi) is 11.0. The number of nitrogens with zero attached hydrogens (tertiary/aromatic N) is 2. The fourth-order valence-electron chi connectivity index (χ4n) is 6.90. The fraction of sp³-hybridized carbons (Fsp3) is 0.359. The molecule has 1 fully saturated rings. The first-order valence-corrected chi connectivity index (χ1v) is 17.5. The van der Waals surface area contributed by atoms with Crippen LogP contribution in [0, 0.1) is 19.7 Å². The van der Waals surface area contributed by atoms with Crippen LogP contribution in [0.2, 0.25) is 5.02 Å². The number of benzene rings is 3. The molecule has 2 aliphatic heterocycles.